The number of nitrogens with one attached hydrogen (secondary N) is 2. The van der Waals surface area contributed by atoms with Crippen LogP contribution in [0.4, 0.5) is 15.8 Å². The number of hydrogen-bond acceptors (Lipinski definition) is 3. The van der Waals surface area contributed by atoms with Crippen LogP contribution >= 0.6 is 23.2 Å². The largest absolute Gasteiger partial charge is 0.321 e. The number of amides is 1. The lowest BCUT2D eigenvalue weighted by Crippen LogP contribution is -2.15. The van der Waals surface area contributed by atoms with Gasteiger partial charge < -0.3 is 5.32 Å². The number of carbonyl (C=O) groups is 1. The lowest BCUT2D eigenvalue weighted by molar-refractivity contribution is 0.102. The van der Waals surface area contributed by atoms with Gasteiger partial charge in [-0.3, -0.25) is 9.52 Å². The van der Waals surface area contributed by atoms with Crippen molar-refractivity contribution in [1.29, 1.82) is 0 Å². The summed E-state index contributed by atoms with van der Waals surface area (Å²) in [6, 6.07) is 15.0. The van der Waals surface area contributed by atoms with Crippen LogP contribution in [-0.2, 0) is 10.0 Å². The summed E-state index contributed by atoms with van der Waals surface area (Å²) in [5.74, 6) is -1.03. The van der Waals surface area contributed by atoms with E-state index in [1.165, 1.54) is 42.5 Å². The molecule has 144 valence electrons. The number of rotatable bonds is 5. The Morgan fingerprint density at radius 2 is 1.54 bits per heavy atom. The molecule has 0 bridgehead atoms. The highest BCUT2D eigenvalue weighted by molar-refractivity contribution is 7.92. The highest BCUT2D eigenvalue weighted by Gasteiger charge is 2.17. The van der Waals surface area contributed by atoms with E-state index in [2.05, 4.69) is 10.0 Å². The van der Waals surface area contributed by atoms with Gasteiger partial charge in [-0.05, 0) is 66.7 Å². The van der Waals surface area contributed by atoms with Crippen molar-refractivity contribution in [2.75, 3.05) is 10.0 Å². The number of benzene rings is 3. The number of halogens is 3. The summed E-state index contributed by atoms with van der Waals surface area (Å²) in [7, 11) is -3.92. The molecule has 0 unspecified atom stereocenters. The van der Waals surface area contributed by atoms with Gasteiger partial charge in [0.2, 0.25) is 0 Å². The number of sulfonamides is 1. The predicted octanol–water partition coefficient (Wildman–Crippen LogP) is 5.19. The molecular formula is C19H13Cl2FN2O3S. The summed E-state index contributed by atoms with van der Waals surface area (Å²) in [5.41, 5.74) is 0.635. The molecule has 0 aliphatic carbocycles. The van der Waals surface area contributed by atoms with E-state index in [0.29, 0.717) is 10.7 Å². The van der Waals surface area contributed by atoms with Crippen molar-refractivity contribution in [2.45, 2.75) is 4.90 Å². The van der Waals surface area contributed by atoms with Crippen molar-refractivity contribution in [1.82, 2.24) is 0 Å². The van der Waals surface area contributed by atoms with E-state index in [1.54, 1.807) is 12.1 Å². The molecule has 3 aromatic rings. The van der Waals surface area contributed by atoms with Gasteiger partial charge in [0.05, 0.1) is 15.6 Å². The van der Waals surface area contributed by atoms with Crippen molar-refractivity contribution < 1.29 is 17.6 Å². The average molecular weight is 439 g/mol. The first kappa shape index (κ1) is 20.1. The van der Waals surface area contributed by atoms with Crippen LogP contribution in [-0.4, -0.2) is 14.3 Å². The molecule has 0 saturated heterocycles. The average Bonchev–Trinajstić information content (AvgIpc) is 2.65. The van der Waals surface area contributed by atoms with E-state index in [1.807, 2.05) is 0 Å². The van der Waals surface area contributed by atoms with Gasteiger partial charge in [0.15, 0.2) is 0 Å². The van der Waals surface area contributed by atoms with E-state index < -0.39 is 21.7 Å². The molecular weight excluding hydrogens is 426 g/mol. The van der Waals surface area contributed by atoms with Crippen LogP contribution in [0, 0.1) is 5.82 Å². The van der Waals surface area contributed by atoms with Gasteiger partial charge in [-0.1, -0.05) is 23.2 Å². The summed E-state index contributed by atoms with van der Waals surface area (Å²) in [6.45, 7) is 0. The maximum Gasteiger partial charge on any atom is 0.261 e. The summed E-state index contributed by atoms with van der Waals surface area (Å²) >= 11 is 11.9. The molecule has 2 N–H and O–H groups in total. The van der Waals surface area contributed by atoms with Gasteiger partial charge in [-0.2, -0.15) is 0 Å². The number of carbonyl (C=O) groups excluding carboxylic acids is 1. The summed E-state index contributed by atoms with van der Waals surface area (Å²) in [6.07, 6.45) is 0. The van der Waals surface area contributed by atoms with Crippen molar-refractivity contribution in [3.63, 3.8) is 0 Å². The Labute approximate surface area is 171 Å². The van der Waals surface area contributed by atoms with E-state index in [0.717, 1.165) is 12.1 Å². The Morgan fingerprint density at radius 3 is 2.18 bits per heavy atom. The molecule has 0 saturated carbocycles. The second-order valence-corrected chi connectivity index (χ2v) is 8.24. The number of anilines is 2. The number of hydrogen-bond donors (Lipinski definition) is 2. The van der Waals surface area contributed by atoms with Crippen molar-refractivity contribution in [3.8, 4) is 0 Å². The van der Waals surface area contributed by atoms with E-state index >= 15 is 0 Å². The first-order chi connectivity index (χ1) is 13.2. The maximum absolute atomic E-state index is 13.0. The zero-order chi connectivity index (χ0) is 20.3. The van der Waals surface area contributed by atoms with Crippen LogP contribution in [0.1, 0.15) is 10.4 Å². The van der Waals surface area contributed by atoms with Crippen LogP contribution in [0.15, 0.2) is 71.6 Å². The molecule has 9 heteroatoms. The standard InChI is InChI=1S/C19H13Cl2FN2O3S/c20-13-3-7-15(8-4-13)24-28(26,27)16-9-10-17(21)18(11-16)23-19(25)12-1-5-14(22)6-2-12/h1-11,24H,(H,23,25). The van der Waals surface area contributed by atoms with Gasteiger partial charge in [0.25, 0.3) is 15.9 Å². The van der Waals surface area contributed by atoms with E-state index in [9.17, 15) is 17.6 Å². The Morgan fingerprint density at radius 1 is 0.893 bits per heavy atom. The smallest absolute Gasteiger partial charge is 0.261 e. The van der Waals surface area contributed by atoms with Crippen LogP contribution in [0.2, 0.25) is 10.0 Å². The van der Waals surface area contributed by atoms with Gasteiger partial charge in [-0.25, -0.2) is 12.8 Å². The van der Waals surface area contributed by atoms with Gasteiger partial charge >= 0.3 is 0 Å². The lowest BCUT2D eigenvalue weighted by atomic mass is 10.2. The molecule has 0 aliphatic rings. The van der Waals surface area contributed by atoms with Crippen LogP contribution in [0.5, 0.6) is 0 Å². The van der Waals surface area contributed by atoms with Gasteiger partial charge in [0.1, 0.15) is 5.82 Å². The monoisotopic (exact) mass is 438 g/mol. The van der Waals surface area contributed by atoms with Crippen molar-refractivity contribution >= 4 is 50.5 Å². The predicted molar refractivity (Wildman–Crippen MR) is 108 cm³/mol. The Bertz CT molecular complexity index is 1120. The molecule has 1 amide bonds. The minimum atomic E-state index is -3.92. The highest BCUT2D eigenvalue weighted by Crippen LogP contribution is 2.27. The molecule has 3 rings (SSSR count). The summed E-state index contributed by atoms with van der Waals surface area (Å²) in [4.78, 5) is 12.2. The molecule has 3 aromatic carbocycles. The quantitative estimate of drug-likeness (QED) is 0.575. The molecule has 0 spiro atoms. The fourth-order valence-corrected chi connectivity index (χ4v) is 3.67. The van der Waals surface area contributed by atoms with Crippen molar-refractivity contribution in [3.05, 3.63) is 88.2 Å². The maximum atomic E-state index is 13.0. The normalized spacial score (nSPS) is 11.1. The Kier molecular flexibility index (Phi) is 5.88. The Balaban J connectivity index is 1.84. The highest BCUT2D eigenvalue weighted by atomic mass is 35.5. The van der Waals surface area contributed by atoms with E-state index in [4.69, 9.17) is 23.2 Å². The summed E-state index contributed by atoms with van der Waals surface area (Å²) in [5, 5.41) is 3.15. The van der Waals surface area contributed by atoms with Crippen molar-refractivity contribution in [2.24, 2.45) is 0 Å². The van der Waals surface area contributed by atoms with E-state index in [-0.39, 0.29) is 21.2 Å². The molecule has 0 aromatic heterocycles. The third-order valence-electron chi connectivity index (χ3n) is 3.70. The van der Waals surface area contributed by atoms with Gasteiger partial charge in [0, 0.05) is 16.3 Å². The Hall–Kier alpha value is -2.61. The third-order valence-corrected chi connectivity index (χ3v) is 5.66. The molecule has 0 radical (unpaired) electrons. The second kappa shape index (κ2) is 8.18. The fourth-order valence-electron chi connectivity index (χ4n) is 2.30. The molecule has 0 aliphatic heterocycles. The lowest BCUT2D eigenvalue weighted by Gasteiger charge is -2.12. The topological polar surface area (TPSA) is 75.3 Å². The molecule has 0 heterocycles. The molecule has 28 heavy (non-hydrogen) atoms. The van der Waals surface area contributed by atoms with Crippen LogP contribution in [0.25, 0.3) is 0 Å². The second-order valence-electron chi connectivity index (χ2n) is 5.72. The minimum Gasteiger partial charge on any atom is -0.321 e. The zero-order valence-corrected chi connectivity index (χ0v) is 16.4. The fraction of sp³-hybridized carbons (Fsp3) is 0. The SMILES string of the molecule is O=C(Nc1cc(S(=O)(=O)Nc2ccc(Cl)cc2)ccc1Cl)c1ccc(F)cc1. The molecule has 5 nitrogen and oxygen atoms in total. The first-order valence-corrected chi connectivity index (χ1v) is 10.1. The van der Waals surface area contributed by atoms with Gasteiger partial charge in [-0.15, -0.1) is 0 Å². The zero-order valence-electron chi connectivity index (χ0n) is 14.1. The summed E-state index contributed by atoms with van der Waals surface area (Å²) < 4.78 is 40.6. The van der Waals surface area contributed by atoms with Crippen LogP contribution < -0.4 is 10.0 Å². The minimum absolute atomic E-state index is 0.0961. The first-order valence-electron chi connectivity index (χ1n) is 7.89. The molecule has 0 fully saturated rings. The molecule has 0 atom stereocenters. The third kappa shape index (κ3) is 4.81. The van der Waals surface area contributed by atoms with Crippen LogP contribution in [0.3, 0.4) is 0 Å².